The Hall–Kier alpha value is -0.890. The number of aliphatic hydroxyl groups is 1. The van der Waals surface area contributed by atoms with Gasteiger partial charge in [0.05, 0.1) is 17.5 Å². The smallest absolute Gasteiger partial charge is 0.191 e. The van der Waals surface area contributed by atoms with Gasteiger partial charge in [0.15, 0.2) is 11.0 Å². The van der Waals surface area contributed by atoms with Crippen molar-refractivity contribution in [2.75, 3.05) is 19.0 Å². The second-order valence-electron chi connectivity index (χ2n) is 4.95. The van der Waals surface area contributed by atoms with Gasteiger partial charge >= 0.3 is 0 Å². The third-order valence-corrected chi connectivity index (χ3v) is 5.32. The van der Waals surface area contributed by atoms with Crippen LogP contribution in [0.25, 0.3) is 10.7 Å². The molecule has 1 aliphatic rings. The Labute approximate surface area is 132 Å². The van der Waals surface area contributed by atoms with Gasteiger partial charge in [0.2, 0.25) is 0 Å². The summed E-state index contributed by atoms with van der Waals surface area (Å²) in [6.45, 7) is 1.88. The first-order valence-electron chi connectivity index (χ1n) is 7.21. The van der Waals surface area contributed by atoms with Crippen molar-refractivity contribution >= 4 is 23.1 Å². The lowest BCUT2D eigenvalue weighted by atomic mass is 10.2. The highest BCUT2D eigenvalue weighted by Gasteiger charge is 2.21. The van der Waals surface area contributed by atoms with Crippen LogP contribution in [0.5, 0.6) is 0 Å². The number of hydrogen-bond donors (Lipinski definition) is 1. The fourth-order valence-electron chi connectivity index (χ4n) is 2.37. The first kappa shape index (κ1) is 15.0. The molecule has 7 heteroatoms. The van der Waals surface area contributed by atoms with E-state index < -0.39 is 0 Å². The molecule has 1 fully saturated rings. The molecule has 0 aromatic carbocycles. The fourth-order valence-corrected chi connectivity index (χ4v) is 3.96. The number of thioether (sulfide) groups is 1. The van der Waals surface area contributed by atoms with Crippen molar-refractivity contribution in [2.24, 2.45) is 0 Å². The van der Waals surface area contributed by atoms with E-state index in [1.165, 1.54) is 0 Å². The SMILES string of the molecule is OCCCSc1nnc(-c2cccs2)n1CC1CCCO1. The summed E-state index contributed by atoms with van der Waals surface area (Å²) in [7, 11) is 0. The van der Waals surface area contributed by atoms with Crippen LogP contribution in [0.3, 0.4) is 0 Å². The summed E-state index contributed by atoms with van der Waals surface area (Å²) in [6, 6.07) is 4.10. The average Bonchev–Trinajstić information content (AvgIpc) is 3.21. The molecular formula is C14H19N3O2S2. The first-order chi connectivity index (χ1) is 10.4. The van der Waals surface area contributed by atoms with Crippen LogP contribution in [0.2, 0.25) is 0 Å². The number of ether oxygens (including phenoxy) is 1. The van der Waals surface area contributed by atoms with Crippen LogP contribution in [0.15, 0.2) is 22.7 Å². The van der Waals surface area contributed by atoms with Crippen LogP contribution in [-0.4, -0.2) is 44.9 Å². The summed E-state index contributed by atoms with van der Waals surface area (Å²) in [5.74, 6) is 1.77. The molecule has 0 radical (unpaired) electrons. The summed E-state index contributed by atoms with van der Waals surface area (Å²) >= 11 is 3.33. The summed E-state index contributed by atoms with van der Waals surface area (Å²) in [4.78, 5) is 1.13. The Morgan fingerprint density at radius 1 is 1.48 bits per heavy atom. The van der Waals surface area contributed by atoms with E-state index in [1.807, 2.05) is 6.07 Å². The van der Waals surface area contributed by atoms with Gasteiger partial charge in [0.25, 0.3) is 0 Å². The maximum absolute atomic E-state index is 8.92. The molecule has 0 saturated carbocycles. The monoisotopic (exact) mass is 325 g/mol. The van der Waals surface area contributed by atoms with E-state index in [-0.39, 0.29) is 12.7 Å². The van der Waals surface area contributed by atoms with E-state index in [0.29, 0.717) is 0 Å². The van der Waals surface area contributed by atoms with Crippen LogP contribution in [-0.2, 0) is 11.3 Å². The Balaban J connectivity index is 1.81. The van der Waals surface area contributed by atoms with E-state index in [1.54, 1.807) is 23.1 Å². The topological polar surface area (TPSA) is 60.2 Å². The lowest BCUT2D eigenvalue weighted by molar-refractivity contribution is 0.0953. The van der Waals surface area contributed by atoms with E-state index in [0.717, 1.165) is 54.0 Å². The maximum atomic E-state index is 8.92. The van der Waals surface area contributed by atoms with Crippen LogP contribution in [0.1, 0.15) is 19.3 Å². The van der Waals surface area contributed by atoms with Crippen molar-refractivity contribution in [3.8, 4) is 10.7 Å². The van der Waals surface area contributed by atoms with Crippen molar-refractivity contribution in [1.82, 2.24) is 14.8 Å². The molecule has 2 aromatic rings. The van der Waals surface area contributed by atoms with Gasteiger partial charge in [-0.25, -0.2) is 0 Å². The second kappa shape index (κ2) is 7.40. The molecule has 1 atom stereocenters. The molecule has 0 spiro atoms. The highest BCUT2D eigenvalue weighted by atomic mass is 32.2. The van der Waals surface area contributed by atoms with Crippen LogP contribution in [0.4, 0.5) is 0 Å². The quantitative estimate of drug-likeness (QED) is 0.626. The van der Waals surface area contributed by atoms with Gasteiger partial charge in [-0.1, -0.05) is 17.8 Å². The minimum atomic E-state index is 0.213. The normalized spacial score (nSPS) is 18.4. The lowest BCUT2D eigenvalue weighted by Gasteiger charge is -2.14. The number of rotatable bonds is 7. The molecule has 5 nitrogen and oxygen atoms in total. The molecule has 1 saturated heterocycles. The van der Waals surface area contributed by atoms with Crippen LogP contribution < -0.4 is 0 Å². The Morgan fingerprint density at radius 3 is 3.14 bits per heavy atom. The van der Waals surface area contributed by atoms with Crippen molar-refractivity contribution in [3.05, 3.63) is 17.5 Å². The van der Waals surface area contributed by atoms with E-state index in [4.69, 9.17) is 9.84 Å². The van der Waals surface area contributed by atoms with Gasteiger partial charge in [-0.05, 0) is 30.7 Å². The zero-order valence-corrected chi connectivity index (χ0v) is 13.4. The zero-order chi connectivity index (χ0) is 14.5. The molecule has 1 unspecified atom stereocenters. The lowest BCUT2D eigenvalue weighted by Crippen LogP contribution is -2.16. The van der Waals surface area contributed by atoms with Gasteiger partial charge in [-0.2, -0.15) is 0 Å². The van der Waals surface area contributed by atoms with E-state index in [9.17, 15) is 0 Å². The third kappa shape index (κ3) is 3.66. The molecule has 0 amide bonds. The number of hydrogen-bond acceptors (Lipinski definition) is 6. The predicted molar refractivity (Wildman–Crippen MR) is 84.7 cm³/mol. The number of nitrogens with zero attached hydrogens (tertiary/aromatic N) is 3. The molecule has 1 aliphatic heterocycles. The molecular weight excluding hydrogens is 306 g/mol. The molecule has 3 rings (SSSR count). The standard InChI is InChI=1S/C14H19N3O2S2/c18-6-3-9-21-14-16-15-13(12-5-2-8-20-12)17(14)10-11-4-1-7-19-11/h2,5,8,11,18H,1,3-4,6-7,9-10H2. The van der Waals surface area contributed by atoms with Crippen LogP contribution in [0, 0.1) is 0 Å². The number of aromatic nitrogens is 3. The predicted octanol–water partition coefficient (Wildman–Crippen LogP) is 2.66. The van der Waals surface area contributed by atoms with Gasteiger partial charge in [-0.15, -0.1) is 21.5 Å². The molecule has 1 N–H and O–H groups in total. The molecule has 21 heavy (non-hydrogen) atoms. The first-order valence-corrected chi connectivity index (χ1v) is 9.07. The zero-order valence-electron chi connectivity index (χ0n) is 11.8. The van der Waals surface area contributed by atoms with Gasteiger partial charge in [0.1, 0.15) is 0 Å². The van der Waals surface area contributed by atoms with Crippen molar-refractivity contribution in [1.29, 1.82) is 0 Å². The molecule has 3 heterocycles. The second-order valence-corrected chi connectivity index (χ2v) is 6.96. The average molecular weight is 325 g/mol. The third-order valence-electron chi connectivity index (χ3n) is 3.40. The summed E-state index contributed by atoms with van der Waals surface area (Å²) in [5.41, 5.74) is 0. The summed E-state index contributed by atoms with van der Waals surface area (Å²) in [5, 5.41) is 20.6. The van der Waals surface area contributed by atoms with Crippen molar-refractivity contribution in [3.63, 3.8) is 0 Å². The van der Waals surface area contributed by atoms with Crippen molar-refractivity contribution < 1.29 is 9.84 Å². The maximum Gasteiger partial charge on any atom is 0.191 e. The number of aliphatic hydroxyl groups excluding tert-OH is 1. The van der Waals surface area contributed by atoms with Gasteiger partial charge < -0.3 is 9.84 Å². The van der Waals surface area contributed by atoms with Gasteiger partial charge in [-0.3, -0.25) is 4.57 Å². The van der Waals surface area contributed by atoms with Gasteiger partial charge in [0, 0.05) is 19.0 Å². The Morgan fingerprint density at radius 2 is 2.43 bits per heavy atom. The van der Waals surface area contributed by atoms with Crippen molar-refractivity contribution in [2.45, 2.75) is 37.1 Å². The minimum Gasteiger partial charge on any atom is -0.396 e. The summed E-state index contributed by atoms with van der Waals surface area (Å²) in [6.07, 6.45) is 3.26. The highest BCUT2D eigenvalue weighted by molar-refractivity contribution is 7.99. The largest absolute Gasteiger partial charge is 0.396 e. The molecule has 2 aromatic heterocycles. The molecule has 0 aliphatic carbocycles. The Kier molecular flexibility index (Phi) is 5.29. The fraction of sp³-hybridized carbons (Fsp3) is 0.571. The molecule has 114 valence electrons. The minimum absolute atomic E-state index is 0.213. The Bertz CT molecular complexity index is 551. The van der Waals surface area contributed by atoms with E-state index >= 15 is 0 Å². The summed E-state index contributed by atoms with van der Waals surface area (Å²) < 4.78 is 7.93. The van der Waals surface area contributed by atoms with Crippen LogP contribution >= 0.6 is 23.1 Å². The van der Waals surface area contributed by atoms with E-state index in [2.05, 4.69) is 26.2 Å². The molecule has 0 bridgehead atoms. The highest BCUT2D eigenvalue weighted by Crippen LogP contribution is 2.29. The number of thiophene rings is 1.